The number of rotatable bonds is 6. The Labute approximate surface area is 195 Å². The third-order valence-corrected chi connectivity index (χ3v) is 6.79. The average Bonchev–Trinajstić information content (AvgIpc) is 3.12. The fraction of sp³-hybridized carbons (Fsp3) is 0.476. The second-order valence-corrected chi connectivity index (χ2v) is 9.56. The van der Waals surface area contributed by atoms with Crippen molar-refractivity contribution in [1.29, 1.82) is 0 Å². The number of hydrogen-bond donors (Lipinski definition) is 1. The normalized spacial score (nSPS) is 16.6. The van der Waals surface area contributed by atoms with Gasteiger partial charge in [0.25, 0.3) is 0 Å². The summed E-state index contributed by atoms with van der Waals surface area (Å²) in [6, 6.07) is 4.43. The molecule has 1 aliphatic heterocycles. The molecule has 1 fully saturated rings. The van der Waals surface area contributed by atoms with Crippen molar-refractivity contribution >= 4 is 51.7 Å². The highest BCUT2D eigenvalue weighted by molar-refractivity contribution is 7.16. The molecule has 1 aromatic heterocycles. The summed E-state index contributed by atoms with van der Waals surface area (Å²) in [5.74, 6) is -0.649. The van der Waals surface area contributed by atoms with Crippen molar-refractivity contribution in [3.05, 3.63) is 33.1 Å². The molecule has 10 heteroatoms. The van der Waals surface area contributed by atoms with Crippen LogP contribution < -0.4 is 4.90 Å². The average molecular weight is 486 g/mol. The van der Waals surface area contributed by atoms with Gasteiger partial charge in [-0.05, 0) is 31.4 Å². The maximum absolute atomic E-state index is 12.2. The number of benzene rings is 1. The Morgan fingerprint density at radius 2 is 2.03 bits per heavy atom. The van der Waals surface area contributed by atoms with Crippen LogP contribution >= 0.6 is 34.5 Å². The molecule has 2 aromatic rings. The molecule has 31 heavy (non-hydrogen) atoms. The van der Waals surface area contributed by atoms with E-state index in [2.05, 4.69) is 13.8 Å². The summed E-state index contributed by atoms with van der Waals surface area (Å²) in [5.41, 5.74) is 1.69. The summed E-state index contributed by atoms with van der Waals surface area (Å²) < 4.78 is 5.02. The van der Waals surface area contributed by atoms with E-state index in [1.165, 1.54) is 4.90 Å². The number of nitrogens with zero attached hydrogens (tertiary/aromatic N) is 3. The summed E-state index contributed by atoms with van der Waals surface area (Å²) in [4.78, 5) is 33.1. The van der Waals surface area contributed by atoms with Crippen molar-refractivity contribution in [2.45, 2.75) is 33.2 Å². The SMILES string of the molecule is CCOC(=O)N1CCN(c2nc(-c3ccc(Cl)c(Cl)c3)c(CC(C)C)s2)CC1C(=O)O. The number of anilines is 1. The van der Waals surface area contributed by atoms with Crippen molar-refractivity contribution in [1.82, 2.24) is 9.88 Å². The van der Waals surface area contributed by atoms with E-state index in [1.807, 2.05) is 11.0 Å². The first-order valence-corrected chi connectivity index (χ1v) is 11.6. The molecular weight excluding hydrogens is 461 g/mol. The zero-order valence-electron chi connectivity index (χ0n) is 17.6. The van der Waals surface area contributed by atoms with Gasteiger partial charge in [0.15, 0.2) is 5.13 Å². The number of thiazole rings is 1. The predicted molar refractivity (Wildman–Crippen MR) is 123 cm³/mol. The Morgan fingerprint density at radius 1 is 1.29 bits per heavy atom. The van der Waals surface area contributed by atoms with E-state index in [4.69, 9.17) is 32.9 Å². The number of amides is 1. The molecule has 3 rings (SSSR count). The first-order chi connectivity index (χ1) is 14.7. The number of ether oxygens (including phenoxy) is 1. The molecule has 0 saturated carbocycles. The van der Waals surface area contributed by atoms with Crippen LogP contribution in [0.25, 0.3) is 11.3 Å². The predicted octanol–water partition coefficient (Wildman–Crippen LogP) is 5.05. The fourth-order valence-corrected chi connectivity index (χ4v) is 5.07. The van der Waals surface area contributed by atoms with Crippen LogP contribution in [0.5, 0.6) is 0 Å². The van der Waals surface area contributed by atoms with E-state index in [0.717, 1.165) is 27.7 Å². The number of carboxylic acids is 1. The van der Waals surface area contributed by atoms with Crippen LogP contribution in [0.1, 0.15) is 25.6 Å². The van der Waals surface area contributed by atoms with E-state index in [1.54, 1.807) is 30.4 Å². The van der Waals surface area contributed by atoms with E-state index in [-0.39, 0.29) is 19.7 Å². The van der Waals surface area contributed by atoms with Crippen molar-refractivity contribution in [2.24, 2.45) is 5.92 Å². The zero-order valence-corrected chi connectivity index (χ0v) is 19.9. The van der Waals surface area contributed by atoms with Gasteiger partial charge in [0.05, 0.1) is 28.9 Å². The van der Waals surface area contributed by atoms with E-state index in [9.17, 15) is 14.7 Å². The highest BCUT2D eigenvalue weighted by atomic mass is 35.5. The maximum atomic E-state index is 12.2. The number of hydrogen-bond acceptors (Lipinski definition) is 6. The van der Waals surface area contributed by atoms with Gasteiger partial charge in [-0.25, -0.2) is 14.6 Å². The van der Waals surface area contributed by atoms with Gasteiger partial charge in [-0.3, -0.25) is 4.90 Å². The van der Waals surface area contributed by atoms with Gasteiger partial charge in [-0.1, -0.05) is 43.1 Å². The third kappa shape index (κ3) is 5.42. The van der Waals surface area contributed by atoms with E-state index in [0.29, 0.717) is 22.5 Å². The third-order valence-electron chi connectivity index (χ3n) is 4.91. The number of aromatic nitrogens is 1. The van der Waals surface area contributed by atoms with E-state index < -0.39 is 18.1 Å². The fourth-order valence-electron chi connectivity index (χ4n) is 3.45. The lowest BCUT2D eigenvalue weighted by Crippen LogP contribution is -2.58. The van der Waals surface area contributed by atoms with Crippen molar-refractivity contribution in [3.8, 4) is 11.3 Å². The molecule has 2 heterocycles. The zero-order chi connectivity index (χ0) is 22.7. The van der Waals surface area contributed by atoms with Gasteiger partial charge < -0.3 is 14.7 Å². The molecule has 1 amide bonds. The van der Waals surface area contributed by atoms with Gasteiger partial charge in [0.2, 0.25) is 0 Å². The summed E-state index contributed by atoms with van der Waals surface area (Å²) in [6.45, 7) is 7.02. The number of halogens is 2. The summed E-state index contributed by atoms with van der Waals surface area (Å²) >= 11 is 13.8. The Hall–Kier alpha value is -2.03. The molecule has 0 radical (unpaired) electrons. The topological polar surface area (TPSA) is 83.0 Å². The van der Waals surface area contributed by atoms with Gasteiger partial charge in [-0.2, -0.15) is 0 Å². The molecule has 1 N–H and O–H groups in total. The van der Waals surface area contributed by atoms with Crippen LogP contribution in [-0.4, -0.2) is 59.3 Å². The highest BCUT2D eigenvalue weighted by Crippen LogP contribution is 2.37. The molecule has 1 saturated heterocycles. The first kappa shape index (κ1) is 23.6. The molecule has 1 aliphatic rings. The highest BCUT2D eigenvalue weighted by Gasteiger charge is 2.37. The summed E-state index contributed by atoms with van der Waals surface area (Å²) in [7, 11) is 0. The lowest BCUT2D eigenvalue weighted by atomic mass is 10.0. The summed E-state index contributed by atoms with van der Waals surface area (Å²) in [6.07, 6.45) is 0.226. The second-order valence-electron chi connectivity index (χ2n) is 7.69. The largest absolute Gasteiger partial charge is 0.480 e. The van der Waals surface area contributed by atoms with Crippen LogP contribution in [0.3, 0.4) is 0 Å². The molecule has 1 atom stereocenters. The number of aliphatic carboxylic acids is 1. The Morgan fingerprint density at radius 3 is 2.65 bits per heavy atom. The van der Waals surface area contributed by atoms with Crippen LogP contribution in [0.15, 0.2) is 18.2 Å². The van der Waals surface area contributed by atoms with Crippen LogP contribution in [0, 0.1) is 5.92 Å². The molecule has 1 unspecified atom stereocenters. The van der Waals surface area contributed by atoms with Gasteiger partial charge >= 0.3 is 12.1 Å². The van der Waals surface area contributed by atoms with Gasteiger partial charge in [0, 0.05) is 23.5 Å². The molecule has 7 nitrogen and oxygen atoms in total. The Bertz CT molecular complexity index is 966. The minimum Gasteiger partial charge on any atom is -0.480 e. The Balaban J connectivity index is 1.92. The number of carboxylic acid groups (broad SMARTS) is 1. The Kier molecular flexibility index (Phi) is 7.67. The minimum absolute atomic E-state index is 0.142. The maximum Gasteiger partial charge on any atom is 0.410 e. The molecule has 0 bridgehead atoms. The molecule has 168 valence electrons. The lowest BCUT2D eigenvalue weighted by Gasteiger charge is -2.38. The molecular formula is C21H25Cl2N3O4S. The monoisotopic (exact) mass is 485 g/mol. The second kappa shape index (κ2) is 10.1. The van der Waals surface area contributed by atoms with Crippen molar-refractivity contribution in [2.75, 3.05) is 31.1 Å². The van der Waals surface area contributed by atoms with Crippen LogP contribution in [0.4, 0.5) is 9.93 Å². The standard InChI is InChI=1S/C21H25Cl2N3O4S/c1-4-30-21(29)26-8-7-25(11-16(26)19(27)28)20-24-18(17(31-20)9-12(2)3)13-5-6-14(22)15(23)10-13/h5-6,10,12,16H,4,7-9,11H2,1-3H3,(H,27,28). The van der Waals surface area contributed by atoms with Gasteiger partial charge in [0.1, 0.15) is 6.04 Å². The van der Waals surface area contributed by atoms with Gasteiger partial charge in [-0.15, -0.1) is 11.3 Å². The van der Waals surface area contributed by atoms with Crippen molar-refractivity contribution in [3.63, 3.8) is 0 Å². The van der Waals surface area contributed by atoms with Crippen LogP contribution in [-0.2, 0) is 16.0 Å². The summed E-state index contributed by atoms with van der Waals surface area (Å²) in [5, 5.41) is 11.3. The number of carbonyl (C=O) groups is 2. The molecule has 1 aromatic carbocycles. The minimum atomic E-state index is -1.07. The first-order valence-electron chi connectivity index (χ1n) is 10.1. The van der Waals surface area contributed by atoms with Crippen LogP contribution in [0.2, 0.25) is 10.0 Å². The smallest absolute Gasteiger partial charge is 0.410 e. The number of carbonyl (C=O) groups excluding carboxylic acids is 1. The lowest BCUT2D eigenvalue weighted by molar-refractivity contribution is -0.142. The number of piperazine rings is 1. The van der Waals surface area contributed by atoms with Crippen molar-refractivity contribution < 1.29 is 19.4 Å². The molecule has 0 aliphatic carbocycles. The molecule has 0 spiro atoms. The van der Waals surface area contributed by atoms with E-state index >= 15 is 0 Å². The quantitative estimate of drug-likeness (QED) is 0.616.